The van der Waals surface area contributed by atoms with Crippen molar-refractivity contribution in [3.8, 4) is 5.75 Å². The number of rotatable bonds is 7. The van der Waals surface area contributed by atoms with Crippen molar-refractivity contribution in [1.82, 2.24) is 9.88 Å². The lowest BCUT2D eigenvalue weighted by atomic mass is 10.2. The van der Waals surface area contributed by atoms with Crippen LogP contribution in [0.3, 0.4) is 0 Å². The zero-order valence-electron chi connectivity index (χ0n) is 17.7. The van der Waals surface area contributed by atoms with Crippen LogP contribution >= 0.6 is 11.6 Å². The first-order valence-electron chi connectivity index (χ1n) is 9.64. The number of nitrogens with zero attached hydrogens (tertiary/aromatic N) is 1. The predicted octanol–water partition coefficient (Wildman–Crippen LogP) is 3.07. The van der Waals surface area contributed by atoms with E-state index in [1.165, 1.54) is 13.0 Å². The Balaban J connectivity index is 1.99. The van der Waals surface area contributed by atoms with E-state index in [2.05, 4.69) is 15.6 Å². The average molecular weight is 479 g/mol. The minimum Gasteiger partial charge on any atom is -0.504 e. The Labute approximate surface area is 190 Å². The van der Waals surface area contributed by atoms with Crippen LogP contribution in [0, 0.1) is 0 Å². The summed E-state index contributed by atoms with van der Waals surface area (Å²) in [4.78, 5) is 29.4. The number of halogens is 1. The summed E-state index contributed by atoms with van der Waals surface area (Å²) in [5.41, 5.74) is 0.595. The Morgan fingerprint density at radius 2 is 1.75 bits per heavy atom. The zero-order valence-corrected chi connectivity index (χ0v) is 19.3. The molecule has 1 heterocycles. The number of phenolic OH excluding ortho intramolecular Hbond substituents is 1. The standard InChI is InChI=1S/C21H23ClN4O5S/c1-4-32(30,31)14-9-16(24-19(27)11-26(2)3)20(28)17(10-14)25-21(29)18-8-12-7-13(22)5-6-15(12)23-18/h5-10,23,28H,4,11H2,1-3H3,(H,24,27)(H,25,29). The van der Waals surface area contributed by atoms with Crippen molar-refractivity contribution in [3.63, 3.8) is 0 Å². The van der Waals surface area contributed by atoms with Crippen LogP contribution in [-0.2, 0) is 14.6 Å². The highest BCUT2D eigenvalue weighted by molar-refractivity contribution is 7.91. The van der Waals surface area contributed by atoms with E-state index in [1.54, 1.807) is 43.3 Å². The summed E-state index contributed by atoms with van der Waals surface area (Å²) in [6.07, 6.45) is 0. The van der Waals surface area contributed by atoms with Gasteiger partial charge in [0.2, 0.25) is 5.91 Å². The van der Waals surface area contributed by atoms with E-state index in [0.29, 0.717) is 15.9 Å². The van der Waals surface area contributed by atoms with Gasteiger partial charge in [-0.25, -0.2) is 8.42 Å². The summed E-state index contributed by atoms with van der Waals surface area (Å²) in [5.74, 6) is -1.72. The molecule has 170 valence electrons. The molecule has 1 aromatic heterocycles. The number of phenols is 1. The van der Waals surface area contributed by atoms with E-state index in [9.17, 15) is 23.1 Å². The molecular weight excluding hydrogens is 456 g/mol. The molecule has 2 amide bonds. The molecule has 0 saturated heterocycles. The average Bonchev–Trinajstić information content (AvgIpc) is 3.13. The maximum atomic E-state index is 12.8. The monoisotopic (exact) mass is 478 g/mol. The second kappa shape index (κ2) is 9.19. The van der Waals surface area contributed by atoms with Crippen LogP contribution in [0.1, 0.15) is 17.4 Å². The molecule has 0 bridgehead atoms. The Kier molecular flexibility index (Phi) is 6.77. The van der Waals surface area contributed by atoms with Crippen molar-refractivity contribution in [3.05, 3.63) is 47.1 Å². The SMILES string of the molecule is CCS(=O)(=O)c1cc(NC(=O)CN(C)C)c(O)c(NC(=O)c2cc3cc(Cl)ccc3[nH]2)c1. The van der Waals surface area contributed by atoms with Gasteiger partial charge in [0.15, 0.2) is 15.6 Å². The topological polar surface area (TPSA) is 132 Å². The number of hydrogen-bond acceptors (Lipinski definition) is 6. The Morgan fingerprint density at radius 3 is 2.38 bits per heavy atom. The van der Waals surface area contributed by atoms with Gasteiger partial charge in [-0.1, -0.05) is 18.5 Å². The van der Waals surface area contributed by atoms with Crippen molar-refractivity contribution < 1.29 is 23.1 Å². The van der Waals surface area contributed by atoms with Crippen molar-refractivity contribution in [1.29, 1.82) is 0 Å². The number of nitrogens with one attached hydrogen (secondary N) is 3. The van der Waals surface area contributed by atoms with E-state index in [-0.39, 0.29) is 34.3 Å². The maximum Gasteiger partial charge on any atom is 0.272 e. The lowest BCUT2D eigenvalue weighted by molar-refractivity contribution is -0.116. The number of aromatic nitrogens is 1. The number of carbonyl (C=O) groups excluding carboxylic acids is 2. The number of benzene rings is 2. The molecule has 0 radical (unpaired) electrons. The normalized spacial score (nSPS) is 11.7. The quantitative estimate of drug-likeness (QED) is 0.386. The van der Waals surface area contributed by atoms with E-state index in [4.69, 9.17) is 11.6 Å². The van der Waals surface area contributed by atoms with Crippen LogP contribution in [0.2, 0.25) is 5.02 Å². The first-order valence-corrected chi connectivity index (χ1v) is 11.7. The van der Waals surface area contributed by atoms with E-state index >= 15 is 0 Å². The Hall–Kier alpha value is -3.08. The summed E-state index contributed by atoms with van der Waals surface area (Å²) >= 11 is 5.98. The van der Waals surface area contributed by atoms with Gasteiger partial charge in [-0.15, -0.1) is 0 Å². The Morgan fingerprint density at radius 1 is 1.09 bits per heavy atom. The minimum absolute atomic E-state index is 0.0174. The number of H-pyrrole nitrogens is 1. The fraction of sp³-hybridized carbons (Fsp3) is 0.238. The highest BCUT2D eigenvalue weighted by atomic mass is 35.5. The molecular formula is C21H23ClN4O5S. The molecule has 4 N–H and O–H groups in total. The molecule has 3 rings (SSSR count). The van der Waals surface area contributed by atoms with Crippen LogP contribution in [0.15, 0.2) is 41.3 Å². The predicted molar refractivity (Wildman–Crippen MR) is 124 cm³/mol. The summed E-state index contributed by atoms with van der Waals surface area (Å²) < 4.78 is 24.9. The van der Waals surface area contributed by atoms with Gasteiger partial charge in [-0.05, 0) is 50.5 Å². The molecule has 0 aliphatic carbocycles. The second-order valence-corrected chi connectivity index (χ2v) is 10.1. The number of likely N-dealkylation sites (N-methyl/N-ethyl adjacent to an activating group) is 1. The van der Waals surface area contributed by atoms with E-state index < -0.39 is 27.4 Å². The molecule has 0 aliphatic rings. The fourth-order valence-electron chi connectivity index (χ4n) is 3.04. The third-order valence-electron chi connectivity index (χ3n) is 4.63. The molecule has 0 fully saturated rings. The van der Waals surface area contributed by atoms with Crippen LogP contribution in [0.4, 0.5) is 11.4 Å². The molecule has 2 aromatic carbocycles. The van der Waals surface area contributed by atoms with Crippen molar-refractivity contribution in [2.75, 3.05) is 37.0 Å². The minimum atomic E-state index is -3.69. The van der Waals surface area contributed by atoms with Crippen molar-refractivity contribution in [2.24, 2.45) is 0 Å². The largest absolute Gasteiger partial charge is 0.504 e. The molecule has 32 heavy (non-hydrogen) atoms. The van der Waals surface area contributed by atoms with Crippen molar-refractivity contribution in [2.45, 2.75) is 11.8 Å². The summed E-state index contributed by atoms with van der Waals surface area (Å²) in [6.45, 7) is 1.49. The van der Waals surface area contributed by atoms with Crippen LogP contribution in [-0.4, -0.2) is 61.6 Å². The molecule has 0 saturated carbocycles. The molecule has 0 aliphatic heterocycles. The molecule has 0 spiro atoms. The third kappa shape index (κ3) is 5.21. The van der Waals surface area contributed by atoms with Gasteiger partial charge in [0.1, 0.15) is 5.69 Å². The lowest BCUT2D eigenvalue weighted by Crippen LogP contribution is -2.27. The molecule has 9 nitrogen and oxygen atoms in total. The molecule has 11 heteroatoms. The lowest BCUT2D eigenvalue weighted by Gasteiger charge is -2.16. The van der Waals surface area contributed by atoms with Gasteiger partial charge in [0.05, 0.1) is 28.6 Å². The number of aromatic amines is 1. The zero-order chi connectivity index (χ0) is 23.6. The van der Waals surface area contributed by atoms with E-state index in [0.717, 1.165) is 6.07 Å². The number of carbonyl (C=O) groups is 2. The van der Waals surface area contributed by atoms with Crippen LogP contribution in [0.25, 0.3) is 10.9 Å². The Bertz CT molecular complexity index is 1300. The number of sulfone groups is 1. The highest BCUT2D eigenvalue weighted by Crippen LogP contribution is 2.36. The van der Waals surface area contributed by atoms with Crippen molar-refractivity contribution >= 4 is 55.5 Å². The number of fused-ring (bicyclic) bond motifs is 1. The van der Waals surface area contributed by atoms with Crippen LogP contribution < -0.4 is 10.6 Å². The molecule has 0 unspecified atom stereocenters. The summed E-state index contributed by atoms with van der Waals surface area (Å²) in [6, 6.07) is 9.00. The summed E-state index contributed by atoms with van der Waals surface area (Å²) in [5, 5.41) is 16.9. The summed E-state index contributed by atoms with van der Waals surface area (Å²) in [7, 11) is -0.309. The second-order valence-electron chi connectivity index (χ2n) is 7.43. The van der Waals surface area contributed by atoms with Gasteiger partial charge >= 0.3 is 0 Å². The molecule has 0 atom stereocenters. The van der Waals surface area contributed by atoms with Gasteiger partial charge in [0, 0.05) is 15.9 Å². The smallest absolute Gasteiger partial charge is 0.272 e. The highest BCUT2D eigenvalue weighted by Gasteiger charge is 2.21. The number of anilines is 2. The third-order valence-corrected chi connectivity index (χ3v) is 6.58. The molecule has 3 aromatic rings. The first-order chi connectivity index (χ1) is 15.0. The maximum absolute atomic E-state index is 12.8. The van der Waals surface area contributed by atoms with E-state index in [1.807, 2.05) is 0 Å². The van der Waals surface area contributed by atoms with Gasteiger partial charge < -0.3 is 25.6 Å². The first kappa shape index (κ1) is 23.6. The van der Waals surface area contributed by atoms with Gasteiger partial charge in [-0.2, -0.15) is 0 Å². The number of amides is 2. The van der Waals surface area contributed by atoms with Gasteiger partial charge in [0.25, 0.3) is 5.91 Å². The number of hydrogen-bond donors (Lipinski definition) is 4. The van der Waals surface area contributed by atoms with Gasteiger partial charge in [-0.3, -0.25) is 9.59 Å². The number of aromatic hydroxyl groups is 1. The fourth-order valence-corrected chi connectivity index (χ4v) is 4.15. The van der Waals surface area contributed by atoms with Crippen LogP contribution in [0.5, 0.6) is 5.75 Å².